The molecule has 0 fully saturated rings. The van der Waals surface area contributed by atoms with Crippen LogP contribution < -0.4 is 0 Å². The number of rotatable bonds is 10. The lowest BCUT2D eigenvalue weighted by atomic mass is 10.1. The zero-order valence-electron chi connectivity index (χ0n) is 21.4. The van der Waals surface area contributed by atoms with Crippen LogP contribution in [0.5, 0.6) is 0 Å². The monoisotopic (exact) mass is 546 g/mol. The summed E-state index contributed by atoms with van der Waals surface area (Å²) in [4.78, 5) is 35.7. The maximum Gasteiger partial charge on any atom is 0.361 e. The lowest BCUT2D eigenvalue weighted by Gasteiger charge is -2.05. The Kier molecular flexibility index (Phi) is 17.1. The van der Waals surface area contributed by atoms with Crippen molar-refractivity contribution in [3.63, 3.8) is 0 Å². The van der Waals surface area contributed by atoms with Crippen LogP contribution >= 0.6 is 0 Å². The Balaban J connectivity index is 0.000000571. The van der Waals surface area contributed by atoms with Crippen LogP contribution in [0.15, 0.2) is 46.9 Å². The molecule has 0 aliphatic rings. The first-order valence-electron chi connectivity index (χ1n) is 11.4. The van der Waals surface area contributed by atoms with Gasteiger partial charge in [0.2, 0.25) is 0 Å². The number of hydrogen-bond acceptors (Lipinski definition) is 9. The summed E-state index contributed by atoms with van der Waals surface area (Å²) in [5, 5.41) is 13.5. The lowest BCUT2D eigenvalue weighted by Crippen LogP contribution is -2.20. The molecular weight excluding hydrogens is 516 g/mol. The summed E-state index contributed by atoms with van der Waals surface area (Å²) >= 11 is 0. The van der Waals surface area contributed by atoms with Crippen molar-refractivity contribution >= 4 is 17.7 Å². The van der Waals surface area contributed by atoms with Gasteiger partial charge in [-0.3, -0.25) is 4.79 Å². The highest BCUT2D eigenvalue weighted by atomic mass is 19.1. The fourth-order valence-electron chi connectivity index (χ4n) is 2.44. The van der Waals surface area contributed by atoms with E-state index in [1.54, 1.807) is 13.8 Å². The Morgan fingerprint density at radius 3 is 1.97 bits per heavy atom. The van der Waals surface area contributed by atoms with Crippen LogP contribution in [0, 0.1) is 34.1 Å². The van der Waals surface area contributed by atoms with Crippen LogP contribution in [0.3, 0.4) is 0 Å². The third-order valence-electron chi connectivity index (χ3n) is 4.25. The molecule has 0 saturated heterocycles. The van der Waals surface area contributed by atoms with Gasteiger partial charge >= 0.3 is 11.9 Å². The fourth-order valence-corrected chi connectivity index (χ4v) is 2.44. The first kappa shape index (κ1) is 34.0. The Labute approximate surface area is 217 Å². The van der Waals surface area contributed by atoms with Gasteiger partial charge < -0.3 is 19.5 Å². The van der Waals surface area contributed by atoms with Crippen molar-refractivity contribution in [2.75, 3.05) is 19.8 Å². The Morgan fingerprint density at radius 2 is 1.50 bits per heavy atom. The largest absolute Gasteiger partial charge is 0.466 e. The van der Waals surface area contributed by atoms with E-state index >= 15 is 0 Å². The van der Waals surface area contributed by atoms with E-state index in [1.807, 2.05) is 0 Å². The predicted molar refractivity (Wildman–Crippen MR) is 129 cm³/mol. The summed E-state index contributed by atoms with van der Waals surface area (Å²) < 4.78 is 60.5. The molecule has 0 spiro atoms. The second-order valence-electron chi connectivity index (χ2n) is 7.60. The second kappa shape index (κ2) is 19.1. The van der Waals surface area contributed by atoms with Crippen LogP contribution in [0.2, 0.25) is 0 Å². The molecule has 0 saturated carbocycles. The van der Waals surface area contributed by atoms with E-state index in [0.717, 1.165) is 30.7 Å². The molecule has 38 heavy (non-hydrogen) atoms. The Morgan fingerprint density at radius 1 is 0.921 bits per heavy atom. The second-order valence-corrected chi connectivity index (χ2v) is 7.60. The zero-order valence-corrected chi connectivity index (χ0v) is 21.4. The Bertz CT molecular complexity index is 1070. The van der Waals surface area contributed by atoms with Gasteiger partial charge in [0.15, 0.2) is 11.1 Å². The first-order chi connectivity index (χ1) is 18.0. The molecule has 210 valence electrons. The topological polar surface area (TPSA) is 124 Å². The van der Waals surface area contributed by atoms with Crippen molar-refractivity contribution in [2.24, 2.45) is 16.4 Å². The molecule has 0 atom stereocenters. The highest BCUT2D eigenvalue weighted by Crippen LogP contribution is 2.12. The maximum absolute atomic E-state index is 13.2. The summed E-state index contributed by atoms with van der Waals surface area (Å²) in [5.41, 5.74) is -0.772. The average Bonchev–Trinajstić information content (AvgIpc) is 2.84. The number of ether oxygens (including phenoxy) is 2. The molecule has 0 aromatic heterocycles. The summed E-state index contributed by atoms with van der Waals surface area (Å²) in [7, 11) is 0. The molecule has 13 heteroatoms. The molecule has 0 aliphatic carbocycles. The van der Waals surface area contributed by atoms with Gasteiger partial charge in [-0.05, 0) is 49.9 Å². The van der Waals surface area contributed by atoms with Gasteiger partial charge in [-0.1, -0.05) is 25.1 Å². The highest BCUT2D eigenvalue weighted by Gasteiger charge is 2.20. The summed E-state index contributed by atoms with van der Waals surface area (Å²) in [6.07, 6.45) is 0.728. The number of oxime groups is 1. The number of benzene rings is 2. The molecule has 0 aliphatic heterocycles. The number of carbonyl (C=O) groups excluding carboxylic acids is 2. The highest BCUT2D eigenvalue weighted by molar-refractivity contribution is 6.43. The summed E-state index contributed by atoms with van der Waals surface area (Å²) in [6, 6.07) is 5.62. The molecule has 2 aromatic carbocycles. The maximum atomic E-state index is 13.2. The van der Waals surface area contributed by atoms with Gasteiger partial charge in [-0.25, -0.2) is 22.4 Å². The van der Waals surface area contributed by atoms with E-state index in [4.69, 9.17) is 5.21 Å². The zero-order chi connectivity index (χ0) is 29.1. The molecule has 9 nitrogen and oxygen atoms in total. The summed E-state index contributed by atoms with van der Waals surface area (Å²) in [6.45, 7) is 8.10. The predicted octanol–water partition coefficient (Wildman–Crippen LogP) is 5.51. The third-order valence-corrected chi connectivity index (χ3v) is 4.25. The molecule has 2 aromatic rings. The van der Waals surface area contributed by atoms with E-state index in [-0.39, 0.29) is 30.8 Å². The minimum Gasteiger partial charge on any atom is -0.466 e. The summed E-state index contributed by atoms with van der Waals surface area (Å²) in [5.74, 6) is -4.08. The lowest BCUT2D eigenvalue weighted by molar-refractivity contribution is -0.142. The van der Waals surface area contributed by atoms with Gasteiger partial charge in [-0.2, -0.15) is 0 Å². The third kappa shape index (κ3) is 13.9. The van der Waals surface area contributed by atoms with Crippen LogP contribution in [-0.4, -0.2) is 42.7 Å². The van der Waals surface area contributed by atoms with Crippen molar-refractivity contribution in [2.45, 2.75) is 40.5 Å². The molecule has 2 rings (SSSR count). The number of nitrogens with zero attached hydrogens (tertiary/aromatic N) is 2. The molecule has 0 heterocycles. The quantitative estimate of drug-likeness (QED) is 0.0793. The molecular formula is C25H30F4N2O7. The Hall–Kier alpha value is -4.03. The fraction of sp³-hybridized carbons (Fsp3) is 0.400. The minimum atomic E-state index is -0.999. The molecule has 0 amide bonds. The van der Waals surface area contributed by atoms with E-state index in [0.29, 0.717) is 18.6 Å². The standard InChI is InChI=1S/C10H9F2NO3.C10H10F2O2.C5H11NO2/c1-2-16-10(14)9(13-15)7-4-3-6(11)5-8(7)12;1-2-14-10(13)5-7-3-4-8(11)6-9(7)12;1-5(2)3-4-8-6-7/h3-5,15H,2H2,1H3;3-4,6H,2,5H2,1H3;5H,3-4H2,1-2H3. The van der Waals surface area contributed by atoms with E-state index in [9.17, 15) is 32.1 Å². The van der Waals surface area contributed by atoms with Crippen LogP contribution in [0.4, 0.5) is 17.6 Å². The van der Waals surface area contributed by atoms with Crippen LogP contribution in [-0.2, 0) is 30.3 Å². The van der Waals surface area contributed by atoms with Gasteiger partial charge in [0.1, 0.15) is 29.9 Å². The van der Waals surface area contributed by atoms with Crippen LogP contribution in [0.25, 0.3) is 0 Å². The van der Waals surface area contributed by atoms with Crippen molar-refractivity contribution in [3.8, 4) is 0 Å². The van der Waals surface area contributed by atoms with Crippen molar-refractivity contribution in [1.29, 1.82) is 0 Å². The number of carbonyl (C=O) groups is 2. The number of hydrogen-bond donors (Lipinski definition) is 1. The van der Waals surface area contributed by atoms with Crippen molar-refractivity contribution in [3.05, 3.63) is 75.7 Å². The molecule has 1 N–H and O–H groups in total. The minimum absolute atomic E-state index is 0.0562. The van der Waals surface area contributed by atoms with Crippen LogP contribution in [0.1, 0.15) is 45.2 Å². The molecule has 0 bridgehead atoms. The smallest absolute Gasteiger partial charge is 0.361 e. The van der Waals surface area contributed by atoms with E-state index in [1.165, 1.54) is 6.07 Å². The van der Waals surface area contributed by atoms with Gasteiger partial charge in [0.25, 0.3) is 0 Å². The van der Waals surface area contributed by atoms with Gasteiger partial charge in [0.05, 0.1) is 19.6 Å². The number of esters is 2. The van der Waals surface area contributed by atoms with Gasteiger partial charge in [-0.15, -0.1) is 4.91 Å². The van der Waals surface area contributed by atoms with Gasteiger partial charge in [0, 0.05) is 17.7 Å². The SMILES string of the molecule is CC(C)CCON=O.CCOC(=O)C(=NO)c1ccc(F)cc1F.CCOC(=O)Cc1ccc(F)cc1F. The number of halogens is 4. The average molecular weight is 547 g/mol. The van der Waals surface area contributed by atoms with Crippen molar-refractivity contribution in [1.82, 2.24) is 0 Å². The molecule has 0 radical (unpaired) electrons. The van der Waals surface area contributed by atoms with Crippen molar-refractivity contribution < 1.29 is 46.7 Å². The van der Waals surface area contributed by atoms with E-state index in [2.05, 4.69) is 38.7 Å². The first-order valence-corrected chi connectivity index (χ1v) is 11.4. The van der Waals surface area contributed by atoms with E-state index < -0.39 is 40.9 Å². The normalized spacial score (nSPS) is 10.4. The molecule has 0 unspecified atom stereocenters.